The lowest BCUT2D eigenvalue weighted by molar-refractivity contribution is -0.117. The van der Waals surface area contributed by atoms with Gasteiger partial charge < -0.3 is 20.3 Å². The number of nitrogens with one attached hydrogen (secondary N) is 2. The summed E-state index contributed by atoms with van der Waals surface area (Å²) in [6, 6.07) is 9.04. The third-order valence-corrected chi connectivity index (χ3v) is 6.27. The summed E-state index contributed by atoms with van der Waals surface area (Å²) in [5, 5.41) is 6.04. The number of hydrogen-bond acceptors (Lipinski definition) is 7. The summed E-state index contributed by atoms with van der Waals surface area (Å²) in [4.78, 5) is 42.7. The predicted molar refractivity (Wildman–Crippen MR) is 122 cm³/mol. The SMILES string of the molecule is CCOC(=O)c1sc(NC(=O)CN2CCN(C)CC2)c(C(=O)Nc2ccccc2)c1C. The molecule has 1 saturated heterocycles. The summed E-state index contributed by atoms with van der Waals surface area (Å²) in [7, 11) is 2.06. The van der Waals surface area contributed by atoms with Crippen LogP contribution in [0, 0.1) is 6.92 Å². The van der Waals surface area contributed by atoms with Gasteiger partial charge in [-0.05, 0) is 38.6 Å². The van der Waals surface area contributed by atoms with Crippen molar-refractivity contribution in [1.82, 2.24) is 9.80 Å². The summed E-state index contributed by atoms with van der Waals surface area (Å²) in [5.74, 6) is -1.10. The average Bonchev–Trinajstić information content (AvgIpc) is 3.06. The molecule has 0 unspecified atom stereocenters. The van der Waals surface area contributed by atoms with Crippen LogP contribution in [-0.4, -0.2) is 74.0 Å². The Labute approximate surface area is 186 Å². The van der Waals surface area contributed by atoms with Gasteiger partial charge in [-0.25, -0.2) is 4.79 Å². The largest absolute Gasteiger partial charge is 0.462 e. The normalized spacial score (nSPS) is 14.8. The van der Waals surface area contributed by atoms with Crippen LogP contribution in [0.2, 0.25) is 0 Å². The van der Waals surface area contributed by atoms with E-state index in [-0.39, 0.29) is 30.5 Å². The quantitative estimate of drug-likeness (QED) is 0.638. The first-order chi connectivity index (χ1) is 14.9. The molecular formula is C22H28N4O4S. The summed E-state index contributed by atoms with van der Waals surface area (Å²) in [6.07, 6.45) is 0. The number of benzene rings is 1. The molecule has 0 atom stereocenters. The van der Waals surface area contributed by atoms with Crippen LogP contribution >= 0.6 is 11.3 Å². The minimum atomic E-state index is -0.502. The van der Waals surface area contributed by atoms with Crippen molar-refractivity contribution in [2.75, 3.05) is 57.0 Å². The van der Waals surface area contributed by atoms with Crippen molar-refractivity contribution in [1.29, 1.82) is 0 Å². The Kier molecular flexibility index (Phi) is 7.78. The van der Waals surface area contributed by atoms with Crippen LogP contribution in [0.15, 0.2) is 30.3 Å². The highest BCUT2D eigenvalue weighted by molar-refractivity contribution is 7.18. The van der Waals surface area contributed by atoms with Crippen molar-refractivity contribution in [3.63, 3.8) is 0 Å². The van der Waals surface area contributed by atoms with Gasteiger partial charge in [-0.2, -0.15) is 0 Å². The van der Waals surface area contributed by atoms with Crippen LogP contribution in [0.3, 0.4) is 0 Å². The van der Waals surface area contributed by atoms with Crippen molar-refractivity contribution in [2.45, 2.75) is 13.8 Å². The second-order valence-corrected chi connectivity index (χ2v) is 8.45. The molecule has 8 nitrogen and oxygen atoms in total. The lowest BCUT2D eigenvalue weighted by Gasteiger charge is -2.31. The van der Waals surface area contributed by atoms with Gasteiger partial charge in [0.1, 0.15) is 9.88 Å². The first-order valence-corrected chi connectivity index (χ1v) is 11.1. The van der Waals surface area contributed by atoms with Gasteiger partial charge in [0.25, 0.3) is 5.91 Å². The highest BCUT2D eigenvalue weighted by atomic mass is 32.1. The average molecular weight is 445 g/mol. The Balaban J connectivity index is 1.81. The van der Waals surface area contributed by atoms with Crippen LogP contribution in [0.25, 0.3) is 0 Å². The van der Waals surface area contributed by atoms with Crippen LogP contribution < -0.4 is 10.6 Å². The number of rotatable bonds is 7. The molecule has 0 aliphatic carbocycles. The molecule has 0 bridgehead atoms. The standard InChI is InChI=1S/C22H28N4O4S/c1-4-30-22(29)19-15(2)18(20(28)23-16-8-6-5-7-9-16)21(31-19)24-17(27)14-26-12-10-25(3)11-13-26/h5-9H,4,10-14H2,1-3H3,(H,23,28)(H,24,27). The number of esters is 1. The van der Waals surface area contributed by atoms with Gasteiger partial charge in [-0.3, -0.25) is 14.5 Å². The van der Waals surface area contributed by atoms with E-state index in [1.165, 1.54) is 0 Å². The number of carbonyl (C=O) groups is 3. The maximum Gasteiger partial charge on any atom is 0.348 e. The van der Waals surface area contributed by atoms with Crippen molar-refractivity contribution in [3.8, 4) is 0 Å². The number of nitrogens with zero attached hydrogens (tertiary/aromatic N) is 2. The molecule has 1 aromatic carbocycles. The van der Waals surface area contributed by atoms with E-state index < -0.39 is 5.97 Å². The van der Waals surface area contributed by atoms with E-state index in [2.05, 4.69) is 27.5 Å². The number of likely N-dealkylation sites (N-methyl/N-ethyl adjacent to an activating group) is 1. The molecule has 0 radical (unpaired) electrons. The van der Waals surface area contributed by atoms with E-state index in [9.17, 15) is 14.4 Å². The van der Waals surface area contributed by atoms with Crippen molar-refractivity contribution in [2.24, 2.45) is 0 Å². The van der Waals surface area contributed by atoms with Crippen LogP contribution in [-0.2, 0) is 9.53 Å². The molecule has 2 heterocycles. The fourth-order valence-corrected chi connectivity index (χ4v) is 4.47. The Morgan fingerprint density at radius 2 is 1.74 bits per heavy atom. The third kappa shape index (κ3) is 5.90. The molecule has 1 aliphatic heterocycles. The molecule has 1 fully saturated rings. The molecule has 0 spiro atoms. The molecule has 2 aromatic rings. The van der Waals surface area contributed by atoms with Gasteiger partial charge in [0.15, 0.2) is 0 Å². The Morgan fingerprint density at radius 3 is 2.39 bits per heavy atom. The topological polar surface area (TPSA) is 91.0 Å². The number of hydrogen-bond donors (Lipinski definition) is 2. The summed E-state index contributed by atoms with van der Waals surface area (Å²) >= 11 is 1.07. The highest BCUT2D eigenvalue weighted by Crippen LogP contribution is 2.34. The Hall–Kier alpha value is -2.75. The smallest absolute Gasteiger partial charge is 0.348 e. The van der Waals surface area contributed by atoms with E-state index in [4.69, 9.17) is 4.74 Å². The summed E-state index contributed by atoms with van der Waals surface area (Å²) in [5.41, 5.74) is 1.40. The lowest BCUT2D eigenvalue weighted by Crippen LogP contribution is -2.47. The minimum Gasteiger partial charge on any atom is -0.462 e. The maximum atomic E-state index is 13.0. The van der Waals surface area contributed by atoms with Gasteiger partial charge >= 0.3 is 5.97 Å². The minimum absolute atomic E-state index is 0.213. The van der Waals surface area contributed by atoms with Gasteiger partial charge in [0.2, 0.25) is 5.91 Å². The van der Waals surface area contributed by atoms with E-state index in [0.717, 1.165) is 37.5 Å². The molecule has 2 amide bonds. The highest BCUT2D eigenvalue weighted by Gasteiger charge is 2.27. The number of anilines is 2. The monoisotopic (exact) mass is 444 g/mol. The molecule has 1 aliphatic rings. The number of amides is 2. The molecule has 166 valence electrons. The summed E-state index contributed by atoms with van der Waals surface area (Å²) in [6.45, 7) is 7.31. The van der Waals surface area contributed by atoms with E-state index >= 15 is 0 Å². The van der Waals surface area contributed by atoms with Gasteiger partial charge in [0, 0.05) is 31.9 Å². The number of ether oxygens (including phenoxy) is 1. The molecule has 9 heteroatoms. The van der Waals surface area contributed by atoms with Crippen LogP contribution in [0.5, 0.6) is 0 Å². The number of carbonyl (C=O) groups excluding carboxylic acids is 3. The Morgan fingerprint density at radius 1 is 1.06 bits per heavy atom. The maximum absolute atomic E-state index is 13.0. The lowest BCUT2D eigenvalue weighted by atomic mass is 10.1. The second-order valence-electron chi connectivity index (χ2n) is 7.43. The van der Waals surface area contributed by atoms with Crippen LogP contribution in [0.1, 0.15) is 32.5 Å². The van der Waals surface area contributed by atoms with Gasteiger partial charge in [-0.1, -0.05) is 18.2 Å². The first kappa shape index (κ1) is 22.9. The molecule has 2 N–H and O–H groups in total. The predicted octanol–water partition coefficient (Wildman–Crippen LogP) is 2.67. The molecule has 3 rings (SSSR count). The zero-order chi connectivity index (χ0) is 22.4. The Bertz CT molecular complexity index is 936. The van der Waals surface area contributed by atoms with E-state index in [1.807, 2.05) is 18.2 Å². The second kappa shape index (κ2) is 10.5. The van der Waals surface area contributed by atoms with Crippen LogP contribution in [0.4, 0.5) is 10.7 Å². The molecule has 31 heavy (non-hydrogen) atoms. The number of piperazine rings is 1. The van der Waals surface area contributed by atoms with E-state index in [0.29, 0.717) is 21.1 Å². The molecule has 1 aromatic heterocycles. The van der Waals surface area contributed by atoms with Crippen molar-refractivity contribution < 1.29 is 19.1 Å². The third-order valence-electron chi connectivity index (χ3n) is 5.08. The van der Waals surface area contributed by atoms with Gasteiger partial charge in [-0.15, -0.1) is 11.3 Å². The van der Waals surface area contributed by atoms with E-state index in [1.54, 1.807) is 26.0 Å². The fourth-order valence-electron chi connectivity index (χ4n) is 3.36. The van der Waals surface area contributed by atoms with Crippen molar-refractivity contribution >= 4 is 39.8 Å². The number of para-hydroxylation sites is 1. The zero-order valence-electron chi connectivity index (χ0n) is 18.1. The fraction of sp³-hybridized carbons (Fsp3) is 0.409. The first-order valence-electron chi connectivity index (χ1n) is 10.3. The molecule has 0 saturated carbocycles. The molecular weight excluding hydrogens is 416 g/mol. The van der Waals surface area contributed by atoms with Gasteiger partial charge in [0.05, 0.1) is 18.7 Å². The van der Waals surface area contributed by atoms with Crippen molar-refractivity contribution in [3.05, 3.63) is 46.3 Å². The number of thiophene rings is 1. The summed E-state index contributed by atoms with van der Waals surface area (Å²) < 4.78 is 5.13. The zero-order valence-corrected chi connectivity index (χ0v) is 18.9.